The van der Waals surface area contributed by atoms with E-state index in [0.29, 0.717) is 0 Å². The lowest BCUT2D eigenvalue weighted by Crippen LogP contribution is -1.99. The summed E-state index contributed by atoms with van der Waals surface area (Å²) in [6.45, 7) is 0. The molecule has 1 aromatic heterocycles. The predicted molar refractivity (Wildman–Crippen MR) is 53.5 cm³/mol. The van der Waals surface area contributed by atoms with E-state index in [1.807, 2.05) is 24.3 Å². The molecule has 0 fully saturated rings. The van der Waals surface area contributed by atoms with Crippen molar-refractivity contribution in [2.24, 2.45) is 4.99 Å². The summed E-state index contributed by atoms with van der Waals surface area (Å²) < 4.78 is 0. The predicted octanol–water partition coefficient (Wildman–Crippen LogP) is 2.32. The number of pyridine rings is 1. The van der Waals surface area contributed by atoms with Crippen molar-refractivity contribution in [1.29, 1.82) is 0 Å². The van der Waals surface area contributed by atoms with Crippen LogP contribution >= 0.6 is 0 Å². The average molecular weight is 169 g/mol. The van der Waals surface area contributed by atoms with Crippen LogP contribution in [-0.4, -0.2) is 11.3 Å². The van der Waals surface area contributed by atoms with Crippen LogP contribution in [0, 0.1) is 0 Å². The van der Waals surface area contributed by atoms with E-state index in [0.717, 1.165) is 22.3 Å². The summed E-state index contributed by atoms with van der Waals surface area (Å²) in [5.74, 6) is 0. The average Bonchev–Trinajstić information content (AvgIpc) is 2.19. The monoisotopic (exact) mass is 169 g/mol. The topological polar surface area (TPSA) is 37.3 Å². The van der Waals surface area contributed by atoms with Gasteiger partial charge in [0.15, 0.2) is 0 Å². The van der Waals surface area contributed by atoms with Crippen molar-refractivity contribution < 1.29 is 0 Å². The SMILES string of the molecule is C1=Nc2ccnc3cccc(c23)N1. The van der Waals surface area contributed by atoms with Gasteiger partial charge in [0.1, 0.15) is 0 Å². The lowest BCUT2D eigenvalue weighted by atomic mass is 10.1. The minimum Gasteiger partial charge on any atom is -0.346 e. The van der Waals surface area contributed by atoms with Crippen molar-refractivity contribution in [2.75, 3.05) is 5.32 Å². The molecule has 0 spiro atoms. The Kier molecular flexibility index (Phi) is 1.16. The number of nitrogens with one attached hydrogen (secondary N) is 1. The van der Waals surface area contributed by atoms with Crippen LogP contribution < -0.4 is 5.32 Å². The molecule has 0 radical (unpaired) electrons. The molecule has 0 unspecified atom stereocenters. The molecule has 1 aliphatic heterocycles. The normalized spacial score (nSPS) is 12.9. The standard InChI is InChI=1S/C10H7N3/c1-2-7-10-8(3-1)12-6-13-9(10)4-5-11-7/h1-6H,(H,12,13). The zero-order valence-electron chi connectivity index (χ0n) is 6.86. The number of hydrogen-bond acceptors (Lipinski definition) is 3. The number of nitrogens with zero attached hydrogens (tertiary/aromatic N) is 2. The van der Waals surface area contributed by atoms with Crippen molar-refractivity contribution >= 4 is 28.6 Å². The number of hydrogen-bond donors (Lipinski definition) is 1. The third-order valence-corrected chi connectivity index (χ3v) is 2.17. The van der Waals surface area contributed by atoms with Crippen LogP contribution in [0.4, 0.5) is 11.4 Å². The van der Waals surface area contributed by atoms with Crippen molar-refractivity contribution in [1.82, 2.24) is 4.98 Å². The van der Waals surface area contributed by atoms with Gasteiger partial charge in [0, 0.05) is 11.6 Å². The van der Waals surface area contributed by atoms with E-state index in [-0.39, 0.29) is 0 Å². The number of rotatable bonds is 0. The molecule has 62 valence electrons. The van der Waals surface area contributed by atoms with E-state index in [1.54, 1.807) is 12.5 Å². The van der Waals surface area contributed by atoms with Gasteiger partial charge in [-0.2, -0.15) is 0 Å². The summed E-state index contributed by atoms with van der Waals surface area (Å²) in [5.41, 5.74) is 3.05. The van der Waals surface area contributed by atoms with E-state index in [9.17, 15) is 0 Å². The van der Waals surface area contributed by atoms with Crippen LogP contribution in [0.1, 0.15) is 0 Å². The van der Waals surface area contributed by atoms with Crippen LogP contribution in [0.5, 0.6) is 0 Å². The van der Waals surface area contributed by atoms with Gasteiger partial charge < -0.3 is 5.32 Å². The Balaban J connectivity index is 2.56. The third-order valence-electron chi connectivity index (χ3n) is 2.17. The molecule has 2 aromatic rings. The fourth-order valence-corrected chi connectivity index (χ4v) is 1.59. The summed E-state index contributed by atoms with van der Waals surface area (Å²) in [4.78, 5) is 8.51. The van der Waals surface area contributed by atoms with Gasteiger partial charge in [0.2, 0.25) is 0 Å². The van der Waals surface area contributed by atoms with Crippen molar-refractivity contribution in [3.63, 3.8) is 0 Å². The zero-order chi connectivity index (χ0) is 8.67. The summed E-state index contributed by atoms with van der Waals surface area (Å²) >= 11 is 0. The second kappa shape index (κ2) is 2.29. The van der Waals surface area contributed by atoms with E-state index in [2.05, 4.69) is 15.3 Å². The molecule has 2 heterocycles. The summed E-state index contributed by atoms with van der Waals surface area (Å²) in [7, 11) is 0. The van der Waals surface area contributed by atoms with Crippen LogP contribution in [0.25, 0.3) is 10.9 Å². The number of aromatic nitrogens is 1. The van der Waals surface area contributed by atoms with Crippen molar-refractivity contribution in [3.8, 4) is 0 Å². The Bertz CT molecular complexity index is 497. The quantitative estimate of drug-likeness (QED) is 0.657. The molecular weight excluding hydrogens is 162 g/mol. The van der Waals surface area contributed by atoms with Crippen LogP contribution in [0.15, 0.2) is 35.5 Å². The molecule has 1 aromatic carbocycles. The fraction of sp³-hybridized carbons (Fsp3) is 0. The summed E-state index contributed by atoms with van der Waals surface area (Å²) in [6.07, 6.45) is 3.49. The molecule has 3 rings (SSSR count). The Hall–Kier alpha value is -1.90. The van der Waals surface area contributed by atoms with E-state index in [1.165, 1.54) is 0 Å². The molecule has 0 atom stereocenters. The molecule has 0 bridgehead atoms. The molecular formula is C10H7N3. The zero-order valence-corrected chi connectivity index (χ0v) is 6.86. The highest BCUT2D eigenvalue weighted by atomic mass is 15.0. The maximum Gasteiger partial charge on any atom is 0.0930 e. The van der Waals surface area contributed by atoms with Gasteiger partial charge in [-0.25, -0.2) is 4.99 Å². The highest BCUT2D eigenvalue weighted by molar-refractivity contribution is 6.06. The van der Waals surface area contributed by atoms with Gasteiger partial charge in [-0.15, -0.1) is 0 Å². The highest BCUT2D eigenvalue weighted by Crippen LogP contribution is 2.32. The van der Waals surface area contributed by atoms with Crippen LogP contribution in [0.3, 0.4) is 0 Å². The second-order valence-electron chi connectivity index (χ2n) is 2.93. The molecule has 0 saturated heterocycles. The van der Waals surface area contributed by atoms with Crippen molar-refractivity contribution in [3.05, 3.63) is 30.5 Å². The third kappa shape index (κ3) is 0.839. The van der Waals surface area contributed by atoms with E-state index in [4.69, 9.17) is 0 Å². The Morgan fingerprint density at radius 1 is 1.15 bits per heavy atom. The van der Waals surface area contributed by atoms with Gasteiger partial charge >= 0.3 is 0 Å². The highest BCUT2D eigenvalue weighted by Gasteiger charge is 2.08. The molecule has 3 nitrogen and oxygen atoms in total. The first kappa shape index (κ1) is 6.60. The van der Waals surface area contributed by atoms with E-state index < -0.39 is 0 Å². The van der Waals surface area contributed by atoms with Crippen molar-refractivity contribution in [2.45, 2.75) is 0 Å². The smallest absolute Gasteiger partial charge is 0.0930 e. The summed E-state index contributed by atoms with van der Waals surface area (Å²) in [5, 5.41) is 4.20. The second-order valence-corrected chi connectivity index (χ2v) is 2.93. The van der Waals surface area contributed by atoms with Gasteiger partial charge in [0.05, 0.1) is 23.2 Å². The molecule has 13 heavy (non-hydrogen) atoms. The summed E-state index contributed by atoms with van der Waals surface area (Å²) in [6, 6.07) is 7.92. The molecule has 0 amide bonds. The van der Waals surface area contributed by atoms with Gasteiger partial charge in [-0.1, -0.05) is 6.07 Å². The number of anilines is 1. The first-order valence-electron chi connectivity index (χ1n) is 4.12. The lowest BCUT2D eigenvalue weighted by Gasteiger charge is -2.11. The maximum atomic E-state index is 4.27. The van der Waals surface area contributed by atoms with Gasteiger partial charge in [0.25, 0.3) is 0 Å². The first-order valence-corrected chi connectivity index (χ1v) is 4.12. The minimum atomic E-state index is 0.986. The Labute approximate surface area is 75.1 Å². The number of benzene rings is 1. The molecule has 1 aliphatic rings. The van der Waals surface area contributed by atoms with Crippen LogP contribution in [-0.2, 0) is 0 Å². The minimum absolute atomic E-state index is 0.986. The number of aliphatic imine (C=N–C) groups is 1. The fourth-order valence-electron chi connectivity index (χ4n) is 1.59. The first-order chi connectivity index (χ1) is 6.45. The molecule has 1 N–H and O–H groups in total. The Morgan fingerprint density at radius 2 is 2.15 bits per heavy atom. The van der Waals surface area contributed by atoms with Gasteiger partial charge in [-0.05, 0) is 18.2 Å². The molecule has 3 heteroatoms. The molecule has 0 aliphatic carbocycles. The Morgan fingerprint density at radius 3 is 3.15 bits per heavy atom. The molecule has 0 saturated carbocycles. The van der Waals surface area contributed by atoms with Gasteiger partial charge in [-0.3, -0.25) is 4.98 Å². The maximum absolute atomic E-state index is 4.27. The van der Waals surface area contributed by atoms with E-state index >= 15 is 0 Å². The lowest BCUT2D eigenvalue weighted by molar-refractivity contribution is 1.38. The largest absolute Gasteiger partial charge is 0.346 e. The van der Waals surface area contributed by atoms with Crippen LogP contribution in [0.2, 0.25) is 0 Å².